The molecule has 0 amide bonds. The molecule has 6 heteroatoms. The molecule has 0 aliphatic rings. The van der Waals surface area contributed by atoms with Crippen LogP contribution in [-0.4, -0.2) is 16.5 Å². The Bertz CT molecular complexity index is 590. The SMILES string of the molecule is O=[N+]([O-])c1ccc(CCl)cc1OCCc1ccccn1. The minimum absolute atomic E-state index is 0.0557. The lowest BCUT2D eigenvalue weighted by Gasteiger charge is -2.07. The monoisotopic (exact) mass is 292 g/mol. The summed E-state index contributed by atoms with van der Waals surface area (Å²) in [5.41, 5.74) is 1.61. The van der Waals surface area contributed by atoms with Gasteiger partial charge in [-0.25, -0.2) is 0 Å². The van der Waals surface area contributed by atoms with Gasteiger partial charge in [-0.2, -0.15) is 0 Å². The van der Waals surface area contributed by atoms with Gasteiger partial charge in [-0.15, -0.1) is 11.6 Å². The van der Waals surface area contributed by atoms with E-state index in [0.29, 0.717) is 13.0 Å². The molecule has 5 nitrogen and oxygen atoms in total. The summed E-state index contributed by atoms with van der Waals surface area (Å²) < 4.78 is 5.50. The van der Waals surface area contributed by atoms with E-state index < -0.39 is 4.92 Å². The van der Waals surface area contributed by atoms with Gasteiger partial charge in [0.1, 0.15) is 0 Å². The number of nitro groups is 1. The lowest BCUT2D eigenvalue weighted by molar-refractivity contribution is -0.385. The van der Waals surface area contributed by atoms with Gasteiger partial charge in [-0.1, -0.05) is 12.1 Å². The first-order chi connectivity index (χ1) is 9.70. The molecule has 1 aromatic heterocycles. The zero-order valence-corrected chi connectivity index (χ0v) is 11.4. The smallest absolute Gasteiger partial charge is 0.310 e. The molecule has 0 aliphatic heterocycles. The molecule has 1 heterocycles. The quantitative estimate of drug-likeness (QED) is 0.465. The predicted octanol–water partition coefficient (Wildman–Crippen LogP) is 3.35. The third kappa shape index (κ3) is 3.68. The van der Waals surface area contributed by atoms with E-state index in [1.165, 1.54) is 6.07 Å². The van der Waals surface area contributed by atoms with Crippen LogP contribution in [0.2, 0.25) is 0 Å². The fraction of sp³-hybridized carbons (Fsp3) is 0.214. The Morgan fingerprint density at radius 2 is 2.15 bits per heavy atom. The Balaban J connectivity index is 2.06. The highest BCUT2D eigenvalue weighted by Gasteiger charge is 2.15. The summed E-state index contributed by atoms with van der Waals surface area (Å²) in [4.78, 5) is 14.6. The van der Waals surface area contributed by atoms with Crippen LogP contribution in [0.4, 0.5) is 5.69 Å². The first-order valence-corrected chi connectivity index (χ1v) is 6.60. The number of aromatic nitrogens is 1. The maximum absolute atomic E-state index is 10.9. The maximum Gasteiger partial charge on any atom is 0.310 e. The van der Waals surface area contributed by atoms with Crippen molar-refractivity contribution in [2.24, 2.45) is 0 Å². The Hall–Kier alpha value is -2.14. The normalized spacial score (nSPS) is 10.2. The summed E-state index contributed by atoms with van der Waals surface area (Å²) >= 11 is 5.73. The number of nitro benzene ring substituents is 1. The molecule has 1 aromatic carbocycles. The van der Waals surface area contributed by atoms with E-state index >= 15 is 0 Å². The number of halogens is 1. The first-order valence-electron chi connectivity index (χ1n) is 6.06. The molecule has 0 aliphatic carbocycles. The molecule has 20 heavy (non-hydrogen) atoms. The second-order valence-corrected chi connectivity index (χ2v) is 4.38. The van der Waals surface area contributed by atoms with Crippen molar-refractivity contribution in [3.05, 3.63) is 64.0 Å². The number of hydrogen-bond acceptors (Lipinski definition) is 4. The molecule has 0 N–H and O–H groups in total. The number of nitrogens with zero attached hydrogens (tertiary/aromatic N) is 2. The summed E-state index contributed by atoms with van der Waals surface area (Å²) in [6, 6.07) is 10.2. The van der Waals surface area contributed by atoms with Gasteiger partial charge in [-0.3, -0.25) is 15.1 Å². The lowest BCUT2D eigenvalue weighted by Crippen LogP contribution is -2.05. The molecule has 0 fully saturated rings. The van der Waals surface area contributed by atoms with Crippen LogP contribution in [0.1, 0.15) is 11.3 Å². The van der Waals surface area contributed by atoms with E-state index in [1.54, 1.807) is 18.3 Å². The Kier molecular flexibility index (Phi) is 4.90. The highest BCUT2D eigenvalue weighted by Crippen LogP contribution is 2.28. The Labute approximate surface area is 121 Å². The van der Waals surface area contributed by atoms with E-state index in [9.17, 15) is 10.1 Å². The molecule has 2 rings (SSSR count). The molecular weight excluding hydrogens is 280 g/mol. The second-order valence-electron chi connectivity index (χ2n) is 4.11. The van der Waals surface area contributed by atoms with Crippen LogP contribution in [-0.2, 0) is 12.3 Å². The van der Waals surface area contributed by atoms with Gasteiger partial charge in [0.05, 0.1) is 11.5 Å². The van der Waals surface area contributed by atoms with Gasteiger partial charge in [0.15, 0.2) is 5.75 Å². The molecule has 0 spiro atoms. The molecule has 104 valence electrons. The standard InChI is InChI=1S/C14H13ClN2O3/c15-10-11-4-5-13(17(18)19)14(9-11)20-8-6-12-3-1-2-7-16-12/h1-5,7,9H,6,8,10H2. The largest absolute Gasteiger partial charge is 0.486 e. The van der Waals surface area contributed by atoms with E-state index in [-0.39, 0.29) is 17.3 Å². The fourth-order valence-corrected chi connectivity index (χ4v) is 1.89. The zero-order valence-electron chi connectivity index (χ0n) is 10.7. The Morgan fingerprint density at radius 3 is 2.80 bits per heavy atom. The highest BCUT2D eigenvalue weighted by atomic mass is 35.5. The van der Waals surface area contributed by atoms with Crippen LogP contribution in [0.25, 0.3) is 0 Å². The average Bonchev–Trinajstić information content (AvgIpc) is 2.48. The summed E-state index contributed by atoms with van der Waals surface area (Å²) in [5.74, 6) is 0.526. The molecule has 2 aromatic rings. The van der Waals surface area contributed by atoms with Crippen molar-refractivity contribution in [1.29, 1.82) is 0 Å². The summed E-state index contributed by atoms with van der Waals surface area (Å²) in [7, 11) is 0. The van der Waals surface area contributed by atoms with E-state index in [4.69, 9.17) is 16.3 Å². The van der Waals surface area contributed by atoms with Gasteiger partial charge in [0, 0.05) is 30.3 Å². The molecule has 0 radical (unpaired) electrons. The number of hydrogen-bond donors (Lipinski definition) is 0. The van der Waals surface area contributed by atoms with E-state index in [2.05, 4.69) is 4.98 Å². The average molecular weight is 293 g/mol. The van der Waals surface area contributed by atoms with Crippen LogP contribution in [0.3, 0.4) is 0 Å². The molecule has 0 unspecified atom stereocenters. The van der Waals surface area contributed by atoms with Gasteiger partial charge < -0.3 is 4.74 Å². The van der Waals surface area contributed by atoms with Gasteiger partial charge >= 0.3 is 5.69 Å². The first kappa shape index (κ1) is 14.3. The van der Waals surface area contributed by atoms with Gasteiger partial charge in [0.2, 0.25) is 0 Å². The summed E-state index contributed by atoms with van der Waals surface area (Å²) in [6.45, 7) is 0.323. The third-order valence-corrected chi connectivity index (χ3v) is 3.03. The predicted molar refractivity (Wildman–Crippen MR) is 76.1 cm³/mol. The number of rotatable bonds is 6. The van der Waals surface area contributed by atoms with Crippen LogP contribution >= 0.6 is 11.6 Å². The highest BCUT2D eigenvalue weighted by molar-refractivity contribution is 6.17. The number of pyridine rings is 1. The molecular formula is C14H13ClN2O3. The minimum Gasteiger partial charge on any atom is -0.486 e. The van der Waals surface area contributed by atoms with E-state index in [0.717, 1.165) is 11.3 Å². The van der Waals surface area contributed by atoms with Gasteiger partial charge in [0.25, 0.3) is 0 Å². The molecule has 0 bridgehead atoms. The van der Waals surface area contributed by atoms with Crippen LogP contribution in [0.15, 0.2) is 42.6 Å². The van der Waals surface area contributed by atoms with Crippen LogP contribution in [0.5, 0.6) is 5.75 Å². The van der Waals surface area contributed by atoms with Crippen molar-refractivity contribution in [3.8, 4) is 5.75 Å². The van der Waals surface area contributed by atoms with Crippen LogP contribution in [0, 0.1) is 10.1 Å². The minimum atomic E-state index is -0.464. The van der Waals surface area contributed by atoms with Crippen molar-refractivity contribution in [2.75, 3.05) is 6.61 Å². The number of benzene rings is 1. The Morgan fingerprint density at radius 1 is 1.30 bits per heavy atom. The van der Waals surface area contributed by atoms with Crippen molar-refractivity contribution in [1.82, 2.24) is 4.98 Å². The number of alkyl halides is 1. The van der Waals surface area contributed by atoms with Crippen molar-refractivity contribution in [3.63, 3.8) is 0 Å². The van der Waals surface area contributed by atoms with Crippen molar-refractivity contribution in [2.45, 2.75) is 12.3 Å². The summed E-state index contributed by atoms with van der Waals surface area (Å²) in [5, 5.41) is 10.9. The zero-order chi connectivity index (χ0) is 14.4. The molecule has 0 saturated carbocycles. The molecule has 0 saturated heterocycles. The molecule has 0 atom stereocenters. The third-order valence-electron chi connectivity index (χ3n) is 2.72. The topological polar surface area (TPSA) is 65.3 Å². The van der Waals surface area contributed by atoms with Gasteiger partial charge in [-0.05, 0) is 23.8 Å². The van der Waals surface area contributed by atoms with Crippen molar-refractivity contribution >= 4 is 17.3 Å². The summed E-state index contributed by atoms with van der Waals surface area (Å²) in [6.07, 6.45) is 2.29. The maximum atomic E-state index is 10.9. The van der Waals surface area contributed by atoms with Crippen LogP contribution < -0.4 is 4.74 Å². The number of ether oxygens (including phenoxy) is 1. The lowest BCUT2D eigenvalue weighted by atomic mass is 10.2. The van der Waals surface area contributed by atoms with Crippen molar-refractivity contribution < 1.29 is 9.66 Å². The van der Waals surface area contributed by atoms with E-state index in [1.807, 2.05) is 18.2 Å². The second kappa shape index (κ2) is 6.86. The fourth-order valence-electron chi connectivity index (χ4n) is 1.72.